The van der Waals surface area contributed by atoms with Gasteiger partial charge in [0.25, 0.3) is 0 Å². The van der Waals surface area contributed by atoms with E-state index in [2.05, 4.69) is 71.6 Å². The highest BCUT2D eigenvalue weighted by Gasteiger charge is 2.54. The molecule has 0 spiro atoms. The van der Waals surface area contributed by atoms with Gasteiger partial charge in [-0.2, -0.15) is 0 Å². The van der Waals surface area contributed by atoms with Gasteiger partial charge in [0.2, 0.25) is 0 Å². The van der Waals surface area contributed by atoms with E-state index < -0.39 is 0 Å². The predicted molar refractivity (Wildman–Crippen MR) is 123 cm³/mol. The number of rotatable bonds is 2. The van der Waals surface area contributed by atoms with Gasteiger partial charge in [-0.25, -0.2) is 0 Å². The summed E-state index contributed by atoms with van der Waals surface area (Å²) >= 11 is 0. The molecule has 1 aromatic heterocycles. The Morgan fingerprint density at radius 3 is 2.53 bits per heavy atom. The van der Waals surface area contributed by atoms with Crippen LogP contribution in [0.1, 0.15) is 65.8 Å². The average molecular weight is 392 g/mol. The lowest BCUT2D eigenvalue weighted by molar-refractivity contribution is 0.364. The summed E-state index contributed by atoms with van der Waals surface area (Å²) in [4.78, 5) is 0. The first-order valence-electron chi connectivity index (χ1n) is 11.9. The molecule has 1 heteroatoms. The van der Waals surface area contributed by atoms with Crippen LogP contribution in [0.4, 0.5) is 0 Å². The Bertz CT molecular complexity index is 1150. The molecule has 3 aromatic rings. The molecule has 150 valence electrons. The Hall–Kier alpha value is -2.54. The minimum absolute atomic E-state index is 0.779. The number of aryl methyl sites for hydroxylation is 1. The van der Waals surface area contributed by atoms with Crippen LogP contribution >= 0.6 is 0 Å². The van der Waals surface area contributed by atoms with Gasteiger partial charge in [0.05, 0.1) is 0 Å². The molecule has 0 amide bonds. The van der Waals surface area contributed by atoms with E-state index in [4.69, 9.17) is 0 Å². The Kier molecular flexibility index (Phi) is 3.71. The molecule has 0 N–H and O–H groups in total. The SMILES string of the molecule is c1cc2c(c(Cn3cccc3)c1)/C(=C1/c3ccccc3C3C1[C@@H]1CC[C@H]3C1)CCC2. The molecule has 7 rings (SSSR count). The van der Waals surface area contributed by atoms with Crippen molar-refractivity contribution in [2.75, 3.05) is 0 Å². The highest BCUT2D eigenvalue weighted by molar-refractivity contribution is 5.97. The first kappa shape index (κ1) is 17.2. The molecule has 2 saturated carbocycles. The summed E-state index contributed by atoms with van der Waals surface area (Å²) in [5, 5.41) is 0. The molecule has 0 aliphatic heterocycles. The van der Waals surface area contributed by atoms with Crippen molar-refractivity contribution in [2.24, 2.45) is 17.8 Å². The van der Waals surface area contributed by atoms with Crippen molar-refractivity contribution >= 4 is 11.1 Å². The number of hydrogen-bond donors (Lipinski definition) is 0. The highest BCUT2D eigenvalue weighted by atomic mass is 14.9. The van der Waals surface area contributed by atoms with Gasteiger partial charge in [0.15, 0.2) is 0 Å². The fourth-order valence-corrected chi connectivity index (χ4v) is 7.63. The molecular formula is C29H29N. The molecule has 4 atom stereocenters. The van der Waals surface area contributed by atoms with E-state index in [9.17, 15) is 0 Å². The fraction of sp³-hybridized carbons (Fsp3) is 0.379. The van der Waals surface area contributed by atoms with Crippen LogP contribution in [0.15, 0.2) is 67.0 Å². The number of benzene rings is 2. The maximum atomic E-state index is 2.46. The predicted octanol–water partition coefficient (Wildman–Crippen LogP) is 6.93. The average Bonchev–Trinajstić information content (AvgIpc) is 3.56. The van der Waals surface area contributed by atoms with Crippen LogP contribution in [-0.2, 0) is 13.0 Å². The molecule has 0 radical (unpaired) electrons. The zero-order chi connectivity index (χ0) is 19.7. The van der Waals surface area contributed by atoms with Crippen LogP contribution in [-0.4, -0.2) is 4.57 Å². The third kappa shape index (κ3) is 2.35. The summed E-state index contributed by atoms with van der Waals surface area (Å²) < 4.78 is 2.33. The smallest absolute Gasteiger partial charge is 0.0476 e. The molecule has 4 aliphatic rings. The van der Waals surface area contributed by atoms with E-state index in [0.717, 1.165) is 30.2 Å². The van der Waals surface area contributed by atoms with E-state index in [-0.39, 0.29) is 0 Å². The molecular weight excluding hydrogens is 362 g/mol. The summed E-state index contributed by atoms with van der Waals surface area (Å²) in [5.41, 5.74) is 11.4. The first-order valence-corrected chi connectivity index (χ1v) is 11.9. The Labute approximate surface area is 179 Å². The molecule has 2 bridgehead atoms. The molecule has 2 aromatic carbocycles. The van der Waals surface area contributed by atoms with Gasteiger partial charge in [-0.05, 0) is 113 Å². The number of hydrogen-bond acceptors (Lipinski definition) is 0. The fourth-order valence-electron chi connectivity index (χ4n) is 7.63. The van der Waals surface area contributed by atoms with Crippen molar-refractivity contribution in [1.29, 1.82) is 0 Å². The van der Waals surface area contributed by atoms with Crippen molar-refractivity contribution in [1.82, 2.24) is 4.57 Å². The normalized spacial score (nSPS) is 30.9. The zero-order valence-electron chi connectivity index (χ0n) is 17.6. The van der Waals surface area contributed by atoms with Crippen LogP contribution in [0.5, 0.6) is 0 Å². The van der Waals surface area contributed by atoms with E-state index in [0.29, 0.717) is 0 Å². The monoisotopic (exact) mass is 391 g/mol. The largest absolute Gasteiger partial charge is 0.350 e. The van der Waals surface area contributed by atoms with Crippen molar-refractivity contribution < 1.29 is 0 Å². The third-order valence-corrected chi connectivity index (χ3v) is 8.62. The number of fused-ring (bicyclic) bond motifs is 8. The van der Waals surface area contributed by atoms with Crippen LogP contribution in [0.25, 0.3) is 11.1 Å². The molecule has 2 fully saturated rings. The lowest BCUT2D eigenvalue weighted by Crippen LogP contribution is -2.18. The highest BCUT2D eigenvalue weighted by Crippen LogP contribution is 2.66. The van der Waals surface area contributed by atoms with E-state index in [1.165, 1.54) is 44.1 Å². The standard InChI is InChI=1S/C29H29N/c1-2-11-24-23(10-1)27-20-13-14-21(17-20)28(27)29(24)25-12-6-8-19-7-5-9-22(26(19)25)18-30-15-3-4-16-30/h1-5,7,9-11,15-16,20-21,27-28H,6,8,12-14,17-18H2/b29-25-/t20-,21+,27?,28?/m0/s1. The van der Waals surface area contributed by atoms with Crippen LogP contribution in [0.2, 0.25) is 0 Å². The van der Waals surface area contributed by atoms with Gasteiger partial charge in [-0.1, -0.05) is 42.5 Å². The quantitative estimate of drug-likeness (QED) is 0.446. The van der Waals surface area contributed by atoms with E-state index in [1.54, 1.807) is 33.4 Å². The summed E-state index contributed by atoms with van der Waals surface area (Å²) in [7, 11) is 0. The summed E-state index contributed by atoms with van der Waals surface area (Å²) in [6.07, 6.45) is 12.6. The van der Waals surface area contributed by atoms with Crippen molar-refractivity contribution in [2.45, 2.75) is 51.0 Å². The van der Waals surface area contributed by atoms with Crippen molar-refractivity contribution in [3.05, 3.63) is 94.8 Å². The van der Waals surface area contributed by atoms with E-state index >= 15 is 0 Å². The lowest BCUT2D eigenvalue weighted by atomic mass is 9.74. The Balaban J connectivity index is 1.46. The molecule has 0 saturated heterocycles. The van der Waals surface area contributed by atoms with Crippen LogP contribution < -0.4 is 0 Å². The maximum Gasteiger partial charge on any atom is 0.0476 e. The van der Waals surface area contributed by atoms with Crippen molar-refractivity contribution in [3.8, 4) is 0 Å². The third-order valence-electron chi connectivity index (χ3n) is 8.62. The number of aromatic nitrogens is 1. The van der Waals surface area contributed by atoms with Crippen molar-refractivity contribution in [3.63, 3.8) is 0 Å². The molecule has 4 aliphatic carbocycles. The first-order chi connectivity index (χ1) is 14.9. The lowest BCUT2D eigenvalue weighted by Gasteiger charge is -2.30. The molecule has 1 nitrogen and oxygen atoms in total. The summed E-state index contributed by atoms with van der Waals surface area (Å²) in [5.74, 6) is 3.42. The minimum Gasteiger partial charge on any atom is -0.350 e. The Morgan fingerprint density at radius 2 is 1.63 bits per heavy atom. The second-order valence-electron chi connectivity index (χ2n) is 10.0. The van der Waals surface area contributed by atoms with Gasteiger partial charge in [-0.3, -0.25) is 0 Å². The summed E-state index contributed by atoms with van der Waals surface area (Å²) in [6.45, 7) is 0.981. The molecule has 2 unspecified atom stereocenters. The second-order valence-corrected chi connectivity index (χ2v) is 10.0. The van der Waals surface area contributed by atoms with Gasteiger partial charge >= 0.3 is 0 Å². The number of nitrogens with zero attached hydrogens (tertiary/aromatic N) is 1. The maximum absolute atomic E-state index is 2.46. The van der Waals surface area contributed by atoms with Gasteiger partial charge < -0.3 is 4.57 Å². The Morgan fingerprint density at radius 1 is 0.800 bits per heavy atom. The number of allylic oxidation sites excluding steroid dienone is 2. The van der Waals surface area contributed by atoms with Gasteiger partial charge in [0.1, 0.15) is 0 Å². The topological polar surface area (TPSA) is 4.93 Å². The van der Waals surface area contributed by atoms with E-state index in [1.807, 2.05) is 0 Å². The van der Waals surface area contributed by atoms with Gasteiger partial charge in [0, 0.05) is 18.9 Å². The zero-order valence-corrected chi connectivity index (χ0v) is 17.6. The summed E-state index contributed by atoms with van der Waals surface area (Å²) in [6, 6.07) is 20.8. The molecule has 1 heterocycles. The van der Waals surface area contributed by atoms with Crippen LogP contribution in [0, 0.1) is 17.8 Å². The van der Waals surface area contributed by atoms with Crippen LogP contribution in [0.3, 0.4) is 0 Å². The second kappa shape index (κ2) is 6.48. The minimum atomic E-state index is 0.779. The van der Waals surface area contributed by atoms with Gasteiger partial charge in [-0.15, -0.1) is 0 Å². The molecule has 30 heavy (non-hydrogen) atoms.